The van der Waals surface area contributed by atoms with E-state index in [1.807, 2.05) is 6.26 Å². The molecule has 0 saturated heterocycles. The van der Waals surface area contributed by atoms with Crippen molar-refractivity contribution < 1.29 is 4.42 Å². The van der Waals surface area contributed by atoms with Gasteiger partial charge in [0.15, 0.2) is 0 Å². The Morgan fingerprint density at radius 3 is 2.63 bits per heavy atom. The minimum absolute atomic E-state index is 0.514. The Balaban J connectivity index is 1.85. The number of rotatable bonds is 8. The van der Waals surface area contributed by atoms with Crippen LogP contribution in [0.1, 0.15) is 51.9 Å². The lowest BCUT2D eigenvalue weighted by Gasteiger charge is -2.25. The predicted octanol–water partition coefficient (Wildman–Crippen LogP) is 3.40. The van der Waals surface area contributed by atoms with Gasteiger partial charge in [0.1, 0.15) is 5.76 Å². The van der Waals surface area contributed by atoms with E-state index in [-0.39, 0.29) is 0 Å². The molecule has 1 heterocycles. The van der Waals surface area contributed by atoms with Crippen molar-refractivity contribution in [3.8, 4) is 0 Å². The Morgan fingerprint density at radius 2 is 2.05 bits per heavy atom. The summed E-state index contributed by atoms with van der Waals surface area (Å²) in [6, 6.07) is 3.29. The average molecular weight is 264 g/mol. The van der Waals surface area contributed by atoms with Crippen LogP contribution in [0.5, 0.6) is 0 Å². The summed E-state index contributed by atoms with van der Waals surface area (Å²) in [4.78, 5) is 2.52. The first kappa shape index (κ1) is 14.6. The molecular formula is C16H28N2O. The number of furan rings is 1. The summed E-state index contributed by atoms with van der Waals surface area (Å²) in [7, 11) is 0. The van der Waals surface area contributed by atoms with E-state index in [0.29, 0.717) is 12.1 Å². The quantitative estimate of drug-likeness (QED) is 0.780. The maximum atomic E-state index is 5.70. The molecule has 0 bridgehead atoms. The second kappa shape index (κ2) is 6.58. The van der Waals surface area contributed by atoms with E-state index in [2.05, 4.69) is 44.0 Å². The van der Waals surface area contributed by atoms with E-state index >= 15 is 0 Å². The van der Waals surface area contributed by atoms with Crippen LogP contribution in [0.15, 0.2) is 16.7 Å². The number of hydrogen-bond donors (Lipinski definition) is 1. The molecule has 3 heteroatoms. The Kier molecular flexibility index (Phi) is 5.06. The van der Waals surface area contributed by atoms with Gasteiger partial charge in [0, 0.05) is 30.7 Å². The Labute approximate surface area is 117 Å². The molecule has 108 valence electrons. The average Bonchev–Trinajstić information content (AvgIpc) is 3.04. The van der Waals surface area contributed by atoms with E-state index in [9.17, 15) is 0 Å². The Bertz CT molecular complexity index is 380. The van der Waals surface area contributed by atoms with Gasteiger partial charge in [-0.25, -0.2) is 0 Å². The van der Waals surface area contributed by atoms with Gasteiger partial charge in [-0.3, -0.25) is 4.90 Å². The highest BCUT2D eigenvalue weighted by Gasteiger charge is 2.25. The van der Waals surface area contributed by atoms with Crippen LogP contribution in [0.2, 0.25) is 0 Å². The van der Waals surface area contributed by atoms with Gasteiger partial charge in [0.05, 0.1) is 12.8 Å². The van der Waals surface area contributed by atoms with Gasteiger partial charge >= 0.3 is 0 Å². The predicted molar refractivity (Wildman–Crippen MR) is 79.0 cm³/mol. The van der Waals surface area contributed by atoms with Crippen LogP contribution in [0.3, 0.4) is 0 Å². The third kappa shape index (κ3) is 5.00. The SMILES string of the molecule is CC(C)NCc1coc(CN(CC2CC2)C(C)C)c1. The van der Waals surface area contributed by atoms with Crippen LogP contribution in [0.4, 0.5) is 0 Å². The van der Waals surface area contributed by atoms with Crippen molar-refractivity contribution >= 4 is 0 Å². The molecule has 0 radical (unpaired) electrons. The lowest BCUT2D eigenvalue weighted by atomic mass is 10.2. The van der Waals surface area contributed by atoms with Gasteiger partial charge in [-0.15, -0.1) is 0 Å². The van der Waals surface area contributed by atoms with Crippen molar-refractivity contribution in [2.24, 2.45) is 5.92 Å². The second-order valence-electron chi connectivity index (χ2n) is 6.42. The van der Waals surface area contributed by atoms with Gasteiger partial charge < -0.3 is 9.73 Å². The molecular weight excluding hydrogens is 236 g/mol. The number of hydrogen-bond acceptors (Lipinski definition) is 3. The van der Waals surface area contributed by atoms with Crippen molar-refractivity contribution in [2.45, 2.75) is 65.7 Å². The lowest BCUT2D eigenvalue weighted by Crippen LogP contribution is -2.32. The highest BCUT2D eigenvalue weighted by atomic mass is 16.3. The van der Waals surface area contributed by atoms with Gasteiger partial charge in [-0.1, -0.05) is 13.8 Å². The highest BCUT2D eigenvalue weighted by Crippen LogP contribution is 2.30. The van der Waals surface area contributed by atoms with E-state index in [0.717, 1.165) is 24.8 Å². The fourth-order valence-electron chi connectivity index (χ4n) is 2.21. The zero-order valence-corrected chi connectivity index (χ0v) is 12.8. The molecule has 0 aromatic carbocycles. The Hall–Kier alpha value is -0.800. The molecule has 1 aromatic rings. The summed E-state index contributed by atoms with van der Waals surface area (Å²) in [5.74, 6) is 2.02. The van der Waals surface area contributed by atoms with Crippen molar-refractivity contribution in [1.29, 1.82) is 0 Å². The first-order chi connectivity index (χ1) is 9.04. The lowest BCUT2D eigenvalue weighted by molar-refractivity contribution is 0.188. The smallest absolute Gasteiger partial charge is 0.118 e. The first-order valence-electron chi connectivity index (χ1n) is 7.58. The van der Waals surface area contributed by atoms with E-state index in [1.54, 1.807) is 0 Å². The molecule has 19 heavy (non-hydrogen) atoms. The van der Waals surface area contributed by atoms with Crippen molar-refractivity contribution in [1.82, 2.24) is 10.2 Å². The van der Waals surface area contributed by atoms with Gasteiger partial charge in [0.25, 0.3) is 0 Å². The van der Waals surface area contributed by atoms with Crippen LogP contribution in [-0.4, -0.2) is 23.5 Å². The van der Waals surface area contributed by atoms with Crippen LogP contribution >= 0.6 is 0 Å². The van der Waals surface area contributed by atoms with Crippen LogP contribution in [-0.2, 0) is 13.1 Å². The molecule has 1 N–H and O–H groups in total. The molecule has 1 fully saturated rings. The fraction of sp³-hybridized carbons (Fsp3) is 0.750. The monoisotopic (exact) mass is 264 g/mol. The highest BCUT2D eigenvalue weighted by molar-refractivity contribution is 5.12. The molecule has 1 aliphatic carbocycles. The summed E-state index contributed by atoms with van der Waals surface area (Å²) in [5, 5.41) is 3.42. The second-order valence-corrected chi connectivity index (χ2v) is 6.42. The van der Waals surface area contributed by atoms with Gasteiger partial charge in [0.2, 0.25) is 0 Å². The largest absolute Gasteiger partial charge is 0.468 e. The molecule has 3 nitrogen and oxygen atoms in total. The summed E-state index contributed by atoms with van der Waals surface area (Å²) in [6.07, 6.45) is 4.70. The standard InChI is InChI=1S/C16H28N2O/c1-12(2)17-8-15-7-16(19-11-15)10-18(13(3)4)9-14-5-6-14/h7,11-14,17H,5-6,8-10H2,1-4H3. The van der Waals surface area contributed by atoms with E-state index < -0.39 is 0 Å². The zero-order chi connectivity index (χ0) is 13.8. The summed E-state index contributed by atoms with van der Waals surface area (Å²) >= 11 is 0. The third-order valence-electron chi connectivity index (χ3n) is 3.70. The van der Waals surface area contributed by atoms with Crippen molar-refractivity contribution in [3.63, 3.8) is 0 Å². The molecule has 2 rings (SSSR count). The minimum Gasteiger partial charge on any atom is -0.468 e. The Morgan fingerprint density at radius 1 is 1.32 bits per heavy atom. The van der Waals surface area contributed by atoms with Crippen molar-refractivity contribution in [3.05, 3.63) is 23.7 Å². The molecule has 0 aliphatic heterocycles. The van der Waals surface area contributed by atoms with Gasteiger partial charge in [-0.05, 0) is 38.7 Å². The number of nitrogens with one attached hydrogen (secondary N) is 1. The van der Waals surface area contributed by atoms with E-state index in [4.69, 9.17) is 4.42 Å². The first-order valence-corrected chi connectivity index (χ1v) is 7.58. The maximum absolute atomic E-state index is 5.70. The van der Waals surface area contributed by atoms with Crippen LogP contribution in [0.25, 0.3) is 0 Å². The van der Waals surface area contributed by atoms with Crippen LogP contribution in [0, 0.1) is 5.92 Å². The van der Waals surface area contributed by atoms with Gasteiger partial charge in [-0.2, -0.15) is 0 Å². The van der Waals surface area contributed by atoms with E-state index in [1.165, 1.54) is 24.9 Å². The van der Waals surface area contributed by atoms with Crippen LogP contribution < -0.4 is 5.32 Å². The molecule has 0 spiro atoms. The maximum Gasteiger partial charge on any atom is 0.118 e. The molecule has 0 unspecified atom stereocenters. The summed E-state index contributed by atoms with van der Waals surface area (Å²) in [6.45, 7) is 11.9. The summed E-state index contributed by atoms with van der Waals surface area (Å²) < 4.78 is 5.70. The zero-order valence-electron chi connectivity index (χ0n) is 12.8. The molecule has 1 aliphatic rings. The van der Waals surface area contributed by atoms with Crippen molar-refractivity contribution in [2.75, 3.05) is 6.54 Å². The topological polar surface area (TPSA) is 28.4 Å². The normalized spacial score (nSPS) is 15.9. The fourth-order valence-corrected chi connectivity index (χ4v) is 2.21. The molecule has 1 aromatic heterocycles. The molecule has 1 saturated carbocycles. The third-order valence-corrected chi connectivity index (χ3v) is 3.70. The molecule has 0 atom stereocenters. The summed E-state index contributed by atoms with van der Waals surface area (Å²) in [5.41, 5.74) is 1.25. The minimum atomic E-state index is 0.514. The molecule has 0 amide bonds. The number of nitrogens with zero attached hydrogens (tertiary/aromatic N) is 1.